The van der Waals surface area contributed by atoms with E-state index in [4.69, 9.17) is 12.2 Å². The topological polar surface area (TPSA) is 27.3 Å². The van der Waals surface area contributed by atoms with Crippen LogP contribution in [0.4, 0.5) is 0 Å². The van der Waals surface area contributed by atoms with Crippen molar-refractivity contribution in [3.63, 3.8) is 0 Å². The molecule has 0 aromatic carbocycles. The van der Waals surface area contributed by atoms with Crippen molar-refractivity contribution in [3.8, 4) is 0 Å². The van der Waals surface area contributed by atoms with Crippen molar-refractivity contribution in [3.05, 3.63) is 0 Å². The van der Waals surface area contributed by atoms with Gasteiger partial charge in [-0.1, -0.05) is 0 Å². The predicted octanol–water partition coefficient (Wildman–Crippen LogP) is 1.34. The normalized spacial score (nSPS) is 19.2. The number of nitrogens with one attached hydrogen (secondary N) is 2. The van der Waals surface area contributed by atoms with Gasteiger partial charge in [-0.05, 0) is 45.8 Å². The molecule has 0 radical (unpaired) electrons. The van der Waals surface area contributed by atoms with Crippen LogP contribution < -0.4 is 10.6 Å². The van der Waals surface area contributed by atoms with Gasteiger partial charge in [-0.15, -0.1) is 0 Å². The van der Waals surface area contributed by atoms with Crippen LogP contribution in [0.1, 0.15) is 33.6 Å². The molecule has 4 heteroatoms. The number of nitrogens with zero attached hydrogens (tertiary/aromatic N) is 1. The van der Waals surface area contributed by atoms with E-state index in [0.717, 1.165) is 11.7 Å². The molecule has 88 valence electrons. The van der Waals surface area contributed by atoms with Crippen LogP contribution in [-0.4, -0.2) is 41.7 Å². The molecule has 1 fully saturated rings. The van der Waals surface area contributed by atoms with E-state index in [1.54, 1.807) is 0 Å². The van der Waals surface area contributed by atoms with Gasteiger partial charge in [0.25, 0.3) is 0 Å². The van der Waals surface area contributed by atoms with Crippen molar-refractivity contribution in [2.24, 2.45) is 0 Å². The van der Waals surface area contributed by atoms with E-state index < -0.39 is 0 Å². The minimum Gasteiger partial charge on any atom is -0.363 e. The van der Waals surface area contributed by atoms with Crippen LogP contribution in [0.2, 0.25) is 0 Å². The van der Waals surface area contributed by atoms with E-state index in [1.165, 1.54) is 25.9 Å². The van der Waals surface area contributed by atoms with Crippen molar-refractivity contribution in [1.29, 1.82) is 0 Å². The number of likely N-dealkylation sites (tertiary alicyclic amines) is 1. The van der Waals surface area contributed by atoms with E-state index >= 15 is 0 Å². The average Bonchev–Trinajstić information content (AvgIpc) is 2.18. The molecule has 0 spiro atoms. The van der Waals surface area contributed by atoms with Crippen molar-refractivity contribution >= 4 is 17.3 Å². The highest BCUT2D eigenvalue weighted by atomic mass is 32.1. The summed E-state index contributed by atoms with van der Waals surface area (Å²) in [6.45, 7) is 9.86. The SMILES string of the molecule is CCNC(=S)NC1CCN(C(C)C)CC1. The van der Waals surface area contributed by atoms with E-state index in [2.05, 4.69) is 36.3 Å². The summed E-state index contributed by atoms with van der Waals surface area (Å²) in [5, 5.41) is 7.31. The highest BCUT2D eigenvalue weighted by Gasteiger charge is 2.20. The second-order valence-corrected chi connectivity index (χ2v) is 4.82. The Morgan fingerprint density at radius 3 is 2.47 bits per heavy atom. The van der Waals surface area contributed by atoms with Crippen molar-refractivity contribution in [2.45, 2.75) is 45.7 Å². The third-order valence-corrected chi connectivity index (χ3v) is 3.19. The molecule has 0 unspecified atom stereocenters. The van der Waals surface area contributed by atoms with Gasteiger partial charge in [-0.2, -0.15) is 0 Å². The van der Waals surface area contributed by atoms with Gasteiger partial charge >= 0.3 is 0 Å². The smallest absolute Gasteiger partial charge is 0.166 e. The zero-order valence-corrected chi connectivity index (χ0v) is 10.9. The second kappa shape index (κ2) is 6.28. The van der Waals surface area contributed by atoms with Gasteiger partial charge in [0, 0.05) is 31.7 Å². The molecule has 1 heterocycles. The first-order valence-electron chi connectivity index (χ1n) is 5.92. The zero-order chi connectivity index (χ0) is 11.3. The van der Waals surface area contributed by atoms with Crippen molar-refractivity contribution in [1.82, 2.24) is 15.5 Å². The Balaban J connectivity index is 2.22. The maximum atomic E-state index is 5.18. The maximum Gasteiger partial charge on any atom is 0.166 e. The first kappa shape index (κ1) is 12.7. The highest BCUT2D eigenvalue weighted by Crippen LogP contribution is 2.12. The lowest BCUT2D eigenvalue weighted by molar-refractivity contribution is 0.167. The van der Waals surface area contributed by atoms with E-state index in [9.17, 15) is 0 Å². The molecular weight excluding hydrogens is 206 g/mol. The van der Waals surface area contributed by atoms with Gasteiger partial charge in [0.2, 0.25) is 0 Å². The summed E-state index contributed by atoms with van der Waals surface area (Å²) in [5.41, 5.74) is 0. The standard InChI is InChI=1S/C11H23N3S/c1-4-12-11(15)13-10-5-7-14(8-6-10)9(2)3/h9-10H,4-8H2,1-3H3,(H2,12,13,15). The van der Waals surface area contributed by atoms with Crippen LogP contribution in [0.5, 0.6) is 0 Å². The van der Waals surface area contributed by atoms with Crippen LogP contribution in [-0.2, 0) is 0 Å². The number of hydrogen-bond acceptors (Lipinski definition) is 2. The summed E-state index contributed by atoms with van der Waals surface area (Å²) in [5.74, 6) is 0. The van der Waals surface area contributed by atoms with Gasteiger partial charge < -0.3 is 15.5 Å². The predicted molar refractivity (Wildman–Crippen MR) is 69.1 cm³/mol. The van der Waals surface area contributed by atoms with Crippen molar-refractivity contribution < 1.29 is 0 Å². The molecule has 1 aliphatic heterocycles. The third-order valence-electron chi connectivity index (χ3n) is 2.93. The monoisotopic (exact) mass is 229 g/mol. The summed E-state index contributed by atoms with van der Waals surface area (Å²) < 4.78 is 0. The van der Waals surface area contributed by atoms with Crippen LogP contribution in [0.25, 0.3) is 0 Å². The molecule has 1 rings (SSSR count). The van der Waals surface area contributed by atoms with Crippen LogP contribution in [0.3, 0.4) is 0 Å². The molecule has 0 amide bonds. The average molecular weight is 229 g/mol. The van der Waals surface area contributed by atoms with E-state index in [0.29, 0.717) is 12.1 Å². The zero-order valence-electron chi connectivity index (χ0n) is 10.0. The Bertz CT molecular complexity index is 198. The lowest BCUT2D eigenvalue weighted by Crippen LogP contribution is -2.49. The molecule has 15 heavy (non-hydrogen) atoms. The van der Waals surface area contributed by atoms with Crippen LogP contribution >= 0.6 is 12.2 Å². The van der Waals surface area contributed by atoms with E-state index in [-0.39, 0.29) is 0 Å². The second-order valence-electron chi connectivity index (χ2n) is 4.41. The van der Waals surface area contributed by atoms with Gasteiger partial charge in [-0.25, -0.2) is 0 Å². The number of piperidine rings is 1. The molecule has 0 atom stereocenters. The summed E-state index contributed by atoms with van der Waals surface area (Å²) in [6.07, 6.45) is 2.40. The molecule has 1 saturated heterocycles. The molecule has 0 aromatic heterocycles. The summed E-state index contributed by atoms with van der Waals surface area (Å²) in [7, 11) is 0. The summed E-state index contributed by atoms with van der Waals surface area (Å²) in [6, 6.07) is 1.23. The fourth-order valence-electron chi connectivity index (χ4n) is 1.96. The molecular formula is C11H23N3S. The molecule has 0 saturated carbocycles. The first-order chi connectivity index (χ1) is 7.13. The Hall–Kier alpha value is -0.350. The Morgan fingerprint density at radius 1 is 1.40 bits per heavy atom. The fourth-order valence-corrected chi connectivity index (χ4v) is 2.27. The van der Waals surface area contributed by atoms with Crippen molar-refractivity contribution in [2.75, 3.05) is 19.6 Å². The molecule has 2 N–H and O–H groups in total. The molecule has 0 aromatic rings. The third kappa shape index (κ3) is 4.34. The van der Waals surface area contributed by atoms with Gasteiger partial charge in [0.05, 0.1) is 0 Å². The Morgan fingerprint density at radius 2 is 2.00 bits per heavy atom. The lowest BCUT2D eigenvalue weighted by Gasteiger charge is -2.35. The lowest BCUT2D eigenvalue weighted by atomic mass is 10.0. The van der Waals surface area contributed by atoms with Gasteiger partial charge in [-0.3, -0.25) is 0 Å². The molecule has 0 aliphatic carbocycles. The van der Waals surface area contributed by atoms with Crippen LogP contribution in [0.15, 0.2) is 0 Å². The Labute approximate surface area is 98.6 Å². The minimum absolute atomic E-state index is 0.562. The quantitative estimate of drug-likeness (QED) is 0.714. The largest absolute Gasteiger partial charge is 0.363 e. The minimum atomic E-state index is 0.562. The van der Waals surface area contributed by atoms with Gasteiger partial charge in [0.15, 0.2) is 5.11 Å². The number of thiocarbonyl (C=S) groups is 1. The number of rotatable bonds is 3. The van der Waals surface area contributed by atoms with E-state index in [1.807, 2.05) is 0 Å². The fraction of sp³-hybridized carbons (Fsp3) is 0.909. The highest BCUT2D eigenvalue weighted by molar-refractivity contribution is 7.80. The molecule has 3 nitrogen and oxygen atoms in total. The summed E-state index contributed by atoms with van der Waals surface area (Å²) in [4.78, 5) is 2.52. The first-order valence-corrected chi connectivity index (χ1v) is 6.32. The molecule has 0 bridgehead atoms. The summed E-state index contributed by atoms with van der Waals surface area (Å²) >= 11 is 5.18. The number of hydrogen-bond donors (Lipinski definition) is 2. The van der Waals surface area contributed by atoms with Gasteiger partial charge in [0.1, 0.15) is 0 Å². The molecule has 1 aliphatic rings. The Kier molecular flexibility index (Phi) is 5.32. The van der Waals surface area contributed by atoms with Crippen LogP contribution in [0, 0.1) is 0 Å². The maximum absolute atomic E-state index is 5.18.